The second kappa shape index (κ2) is 18.4. The van der Waals surface area contributed by atoms with Crippen LogP contribution in [0.15, 0.2) is 0 Å². The van der Waals surface area contributed by atoms with Gasteiger partial charge in [0.25, 0.3) is 0 Å². The van der Waals surface area contributed by atoms with Crippen LogP contribution in [0.4, 0.5) is 0 Å². The van der Waals surface area contributed by atoms with Crippen molar-refractivity contribution in [2.75, 3.05) is 20.3 Å². The zero-order chi connectivity index (χ0) is 20.3. The van der Waals surface area contributed by atoms with Gasteiger partial charge in [-0.15, -0.1) is 0 Å². The molecule has 2 saturated heterocycles. The number of ether oxygens (including phenoxy) is 4. The molecule has 2 aliphatic rings. The van der Waals surface area contributed by atoms with Gasteiger partial charge >= 0.3 is 0 Å². The lowest BCUT2D eigenvalue weighted by Gasteiger charge is -2.47. The van der Waals surface area contributed by atoms with Gasteiger partial charge in [-0.1, -0.05) is 51.5 Å². The minimum atomic E-state index is -1.27. The molecule has 0 bridgehead atoms. The van der Waals surface area contributed by atoms with E-state index in [4.69, 9.17) is 24.7 Å². The van der Waals surface area contributed by atoms with Gasteiger partial charge in [-0.25, -0.2) is 0 Å². The molecule has 2 rings (SSSR count). The second-order valence-electron chi connectivity index (χ2n) is 6.93. The summed E-state index contributed by atoms with van der Waals surface area (Å²) < 4.78 is 22.0. The molecule has 206 valence electrons. The molecule has 0 aliphatic carbocycles. The average molecular weight is 491 g/mol. The number of nitrogens with two attached hydrogens (primary N) is 1. The summed E-state index contributed by atoms with van der Waals surface area (Å²) in [5, 5.41) is 42.7. The SMILES string of the molecule is C.C.C.C.C.C.COC1OC(CO)C(OC2OC(CO)C(C)C(O)C2NC(C)=O)C(O)C1N. The summed E-state index contributed by atoms with van der Waals surface area (Å²) >= 11 is 0. The van der Waals surface area contributed by atoms with E-state index in [2.05, 4.69) is 5.32 Å². The molecule has 11 heteroatoms. The lowest BCUT2D eigenvalue weighted by atomic mass is 9.89. The first kappa shape index (κ1) is 42.3. The maximum atomic E-state index is 11.5. The number of hydrogen-bond donors (Lipinski definition) is 6. The molecule has 10 unspecified atom stereocenters. The Labute approximate surface area is 201 Å². The number of carbonyl (C=O) groups is 1. The molecule has 2 aliphatic heterocycles. The topological polar surface area (TPSA) is 173 Å². The van der Waals surface area contributed by atoms with Gasteiger partial charge in [-0.3, -0.25) is 4.79 Å². The summed E-state index contributed by atoms with van der Waals surface area (Å²) in [5.41, 5.74) is 5.90. The number of hydrogen-bond acceptors (Lipinski definition) is 10. The highest BCUT2D eigenvalue weighted by molar-refractivity contribution is 5.73. The number of aliphatic hydroxyl groups is 4. The molecule has 2 fully saturated rings. The van der Waals surface area contributed by atoms with Crippen molar-refractivity contribution in [3.8, 4) is 0 Å². The van der Waals surface area contributed by atoms with Gasteiger partial charge < -0.3 is 50.4 Å². The Bertz CT molecular complexity index is 498. The maximum Gasteiger partial charge on any atom is 0.217 e. The van der Waals surface area contributed by atoms with Crippen molar-refractivity contribution in [3.05, 3.63) is 0 Å². The van der Waals surface area contributed by atoms with Crippen molar-refractivity contribution in [1.82, 2.24) is 5.32 Å². The standard InChI is InChI=1S/C16H30N2O9.6CH4/c1-6-8(4-19)25-16(11(12(6)22)18-7(2)21)27-14-9(5-20)26-15(24-3)10(17)13(14)23;;;;;;/h6,8-16,19-20,22-23H,4-5,17H2,1-3H3,(H,18,21);6*1H4. The van der Waals surface area contributed by atoms with Crippen LogP contribution in [0, 0.1) is 5.92 Å². The molecule has 11 nitrogen and oxygen atoms in total. The number of nitrogens with one attached hydrogen (secondary N) is 1. The van der Waals surface area contributed by atoms with Gasteiger partial charge in [0.05, 0.1) is 31.5 Å². The summed E-state index contributed by atoms with van der Waals surface area (Å²) in [6, 6.07) is -1.91. The molecule has 7 N–H and O–H groups in total. The number of aliphatic hydroxyl groups excluding tert-OH is 4. The number of methoxy groups -OCH3 is 1. The molecule has 10 atom stereocenters. The van der Waals surface area contributed by atoms with Crippen LogP contribution in [0.5, 0.6) is 0 Å². The molecule has 33 heavy (non-hydrogen) atoms. The highest BCUT2D eigenvalue weighted by atomic mass is 16.7. The van der Waals surface area contributed by atoms with E-state index >= 15 is 0 Å². The van der Waals surface area contributed by atoms with E-state index in [0.29, 0.717) is 0 Å². The van der Waals surface area contributed by atoms with Crippen LogP contribution in [-0.2, 0) is 23.7 Å². The summed E-state index contributed by atoms with van der Waals surface area (Å²) in [4.78, 5) is 11.5. The van der Waals surface area contributed by atoms with Crippen molar-refractivity contribution >= 4 is 5.91 Å². The summed E-state index contributed by atoms with van der Waals surface area (Å²) in [6.07, 6.45) is -7.32. The Balaban J connectivity index is -0.000000436. The van der Waals surface area contributed by atoms with Gasteiger partial charge in [0.15, 0.2) is 12.6 Å². The van der Waals surface area contributed by atoms with Gasteiger partial charge in [0, 0.05) is 20.0 Å². The first-order valence-electron chi connectivity index (χ1n) is 8.84. The number of amides is 1. The molecular weight excluding hydrogens is 436 g/mol. The van der Waals surface area contributed by atoms with Crippen LogP contribution in [-0.4, -0.2) is 102 Å². The molecule has 0 spiro atoms. The Hall–Kier alpha value is -0.890. The lowest BCUT2D eigenvalue weighted by molar-refractivity contribution is -0.323. The molecule has 0 radical (unpaired) electrons. The first-order valence-corrected chi connectivity index (χ1v) is 8.84. The Morgan fingerprint density at radius 2 is 1.42 bits per heavy atom. The fourth-order valence-corrected chi connectivity index (χ4v) is 3.43. The van der Waals surface area contributed by atoms with E-state index < -0.39 is 73.6 Å². The van der Waals surface area contributed by atoms with Crippen molar-refractivity contribution in [1.29, 1.82) is 0 Å². The Morgan fingerprint density at radius 3 is 1.85 bits per heavy atom. The fraction of sp³-hybridized carbons (Fsp3) is 0.955. The monoisotopic (exact) mass is 490 g/mol. The lowest BCUT2D eigenvalue weighted by Crippen LogP contribution is -2.67. The Morgan fingerprint density at radius 1 is 0.939 bits per heavy atom. The first-order chi connectivity index (χ1) is 12.7. The third kappa shape index (κ3) is 9.35. The summed E-state index contributed by atoms with van der Waals surface area (Å²) in [5.74, 6) is -0.894. The third-order valence-electron chi connectivity index (χ3n) is 5.07. The van der Waals surface area contributed by atoms with E-state index in [9.17, 15) is 25.2 Å². The smallest absolute Gasteiger partial charge is 0.217 e. The van der Waals surface area contributed by atoms with Crippen LogP contribution in [0.3, 0.4) is 0 Å². The fourth-order valence-electron chi connectivity index (χ4n) is 3.43. The highest BCUT2D eigenvalue weighted by Crippen LogP contribution is 2.30. The van der Waals surface area contributed by atoms with Gasteiger partial charge in [0.1, 0.15) is 24.4 Å². The second-order valence-corrected chi connectivity index (χ2v) is 6.93. The zero-order valence-electron chi connectivity index (χ0n) is 15.6. The molecule has 1 amide bonds. The van der Waals surface area contributed by atoms with Gasteiger partial charge in [-0.2, -0.15) is 0 Å². The Kier molecular flexibility index (Phi) is 23.6. The largest absolute Gasteiger partial charge is 0.394 e. The quantitative estimate of drug-likeness (QED) is 0.307. The molecule has 0 aromatic rings. The van der Waals surface area contributed by atoms with Gasteiger partial charge in [-0.05, 0) is 0 Å². The van der Waals surface area contributed by atoms with Crippen molar-refractivity contribution < 1.29 is 44.2 Å². The van der Waals surface area contributed by atoms with E-state index in [1.807, 2.05) is 0 Å². The van der Waals surface area contributed by atoms with E-state index in [0.717, 1.165) is 0 Å². The van der Waals surface area contributed by atoms with Gasteiger partial charge in [0.2, 0.25) is 5.91 Å². The summed E-state index contributed by atoms with van der Waals surface area (Å²) in [7, 11) is 1.35. The number of carbonyl (C=O) groups excluding carboxylic acids is 1. The molecule has 0 aromatic carbocycles. The average Bonchev–Trinajstić information content (AvgIpc) is 2.64. The maximum absolute atomic E-state index is 11.5. The van der Waals surface area contributed by atoms with E-state index in [-0.39, 0.29) is 51.2 Å². The van der Waals surface area contributed by atoms with E-state index in [1.54, 1.807) is 6.92 Å². The van der Waals surface area contributed by atoms with Crippen molar-refractivity contribution in [3.63, 3.8) is 0 Å². The minimum Gasteiger partial charge on any atom is -0.394 e. The van der Waals surface area contributed by atoms with Crippen molar-refractivity contribution in [2.24, 2.45) is 11.7 Å². The summed E-state index contributed by atoms with van der Waals surface area (Å²) in [6.45, 7) is 2.09. The normalized spacial score (nSPS) is 37.2. The molecule has 0 aromatic heterocycles. The predicted molar refractivity (Wildman–Crippen MR) is 131 cm³/mol. The minimum absolute atomic E-state index is 0. The van der Waals surface area contributed by atoms with Crippen LogP contribution >= 0.6 is 0 Å². The zero-order valence-corrected chi connectivity index (χ0v) is 15.6. The van der Waals surface area contributed by atoms with E-state index in [1.165, 1.54) is 14.0 Å². The van der Waals surface area contributed by atoms with Crippen LogP contribution in [0.2, 0.25) is 0 Å². The third-order valence-corrected chi connectivity index (χ3v) is 5.07. The predicted octanol–water partition coefficient (Wildman–Crippen LogP) is 0.459. The van der Waals surface area contributed by atoms with Crippen LogP contribution in [0.25, 0.3) is 0 Å². The molecule has 2 heterocycles. The highest BCUT2D eigenvalue weighted by Gasteiger charge is 2.50. The molecular formula is C22H54N2O9. The van der Waals surface area contributed by atoms with Crippen molar-refractivity contribution in [2.45, 2.75) is 114 Å². The number of rotatable bonds is 6. The van der Waals surface area contributed by atoms with Crippen LogP contribution < -0.4 is 11.1 Å². The molecule has 0 saturated carbocycles. The van der Waals surface area contributed by atoms with Crippen LogP contribution in [0.1, 0.15) is 58.4 Å².